The summed E-state index contributed by atoms with van der Waals surface area (Å²) in [7, 11) is 4.88. The first-order chi connectivity index (χ1) is 20.4. The number of methoxy groups -OCH3 is 3. The van der Waals surface area contributed by atoms with E-state index in [4.69, 9.17) is 14.2 Å². The van der Waals surface area contributed by atoms with Gasteiger partial charge in [-0.1, -0.05) is 42.0 Å². The highest BCUT2D eigenvalue weighted by Crippen LogP contribution is 2.33. The van der Waals surface area contributed by atoms with Gasteiger partial charge in [0.25, 0.3) is 5.91 Å². The molecule has 1 atom stereocenters. The van der Waals surface area contributed by atoms with Gasteiger partial charge in [-0.2, -0.15) is 0 Å². The van der Waals surface area contributed by atoms with Crippen molar-refractivity contribution in [1.82, 2.24) is 10.6 Å². The Hall–Kier alpha value is -4.98. The summed E-state index contributed by atoms with van der Waals surface area (Å²) in [6, 6.07) is 27.6. The molecular formula is C34H37N3O5. The zero-order valence-corrected chi connectivity index (χ0v) is 24.4. The van der Waals surface area contributed by atoms with E-state index in [9.17, 15) is 9.59 Å². The third-order valence-corrected chi connectivity index (χ3v) is 6.86. The highest BCUT2D eigenvalue weighted by molar-refractivity contribution is 5.97. The van der Waals surface area contributed by atoms with E-state index < -0.39 is 6.04 Å². The Morgan fingerprint density at radius 1 is 0.762 bits per heavy atom. The standard InChI is InChI=1S/C34H37N3O5/c1-23-6-5-7-26(20-23)33(38)37-31(34(39)36-19-18-35-27-12-14-28(40-2)15-13-27)21-24-8-10-25(11-9-24)30-22-29(41-3)16-17-32(30)42-4/h5-17,20,22,31,35H,18-19,21H2,1-4H3,(H,36,39)(H,37,38). The number of aryl methyl sites for hydroxylation is 1. The van der Waals surface area contributed by atoms with Crippen LogP contribution in [0.4, 0.5) is 5.69 Å². The van der Waals surface area contributed by atoms with Crippen molar-refractivity contribution in [3.8, 4) is 28.4 Å². The molecule has 0 aliphatic rings. The van der Waals surface area contributed by atoms with Crippen LogP contribution in [0.15, 0.2) is 91.0 Å². The molecule has 0 bridgehead atoms. The fourth-order valence-electron chi connectivity index (χ4n) is 4.56. The van der Waals surface area contributed by atoms with E-state index in [1.165, 1.54) is 0 Å². The molecule has 4 rings (SSSR count). The van der Waals surface area contributed by atoms with Crippen molar-refractivity contribution in [3.63, 3.8) is 0 Å². The van der Waals surface area contributed by atoms with Crippen molar-refractivity contribution in [2.45, 2.75) is 19.4 Å². The van der Waals surface area contributed by atoms with Gasteiger partial charge in [0, 0.05) is 36.3 Å². The van der Waals surface area contributed by atoms with Crippen LogP contribution in [0.2, 0.25) is 0 Å². The summed E-state index contributed by atoms with van der Waals surface area (Å²) < 4.78 is 16.1. The van der Waals surface area contributed by atoms with Gasteiger partial charge < -0.3 is 30.2 Å². The number of nitrogens with one attached hydrogen (secondary N) is 3. The molecule has 0 spiro atoms. The molecule has 2 amide bonds. The molecule has 4 aromatic rings. The molecule has 0 heterocycles. The van der Waals surface area contributed by atoms with Gasteiger partial charge in [-0.3, -0.25) is 9.59 Å². The van der Waals surface area contributed by atoms with Gasteiger partial charge >= 0.3 is 0 Å². The summed E-state index contributed by atoms with van der Waals surface area (Å²) in [6.07, 6.45) is 0.324. The fraction of sp³-hybridized carbons (Fsp3) is 0.235. The minimum atomic E-state index is -0.767. The van der Waals surface area contributed by atoms with Crippen LogP contribution in [0.1, 0.15) is 21.5 Å². The predicted molar refractivity (Wildman–Crippen MR) is 166 cm³/mol. The largest absolute Gasteiger partial charge is 0.497 e. The van der Waals surface area contributed by atoms with E-state index in [0.717, 1.165) is 45.2 Å². The van der Waals surface area contributed by atoms with Gasteiger partial charge in [0.1, 0.15) is 23.3 Å². The minimum Gasteiger partial charge on any atom is -0.497 e. The SMILES string of the molecule is COc1ccc(NCCNC(=O)C(Cc2ccc(-c3cc(OC)ccc3OC)cc2)NC(=O)c2cccc(C)c2)cc1. The quantitative estimate of drug-likeness (QED) is 0.191. The second-order valence-corrected chi connectivity index (χ2v) is 9.81. The van der Waals surface area contributed by atoms with Crippen LogP contribution in [-0.2, 0) is 11.2 Å². The molecule has 3 N–H and O–H groups in total. The van der Waals surface area contributed by atoms with Crippen LogP contribution in [0, 0.1) is 6.92 Å². The van der Waals surface area contributed by atoms with Gasteiger partial charge in [-0.25, -0.2) is 0 Å². The van der Waals surface area contributed by atoms with E-state index in [0.29, 0.717) is 25.1 Å². The van der Waals surface area contributed by atoms with E-state index in [2.05, 4.69) is 16.0 Å². The van der Waals surface area contributed by atoms with Crippen molar-refractivity contribution in [2.24, 2.45) is 0 Å². The third kappa shape index (κ3) is 8.04. The van der Waals surface area contributed by atoms with Crippen molar-refractivity contribution in [3.05, 3.63) is 108 Å². The molecule has 0 aliphatic heterocycles. The van der Waals surface area contributed by atoms with Gasteiger partial charge in [-0.05, 0) is 72.6 Å². The Morgan fingerprint density at radius 2 is 1.48 bits per heavy atom. The normalized spacial score (nSPS) is 11.2. The second kappa shape index (κ2) is 14.6. The van der Waals surface area contributed by atoms with Crippen molar-refractivity contribution >= 4 is 17.5 Å². The van der Waals surface area contributed by atoms with E-state index in [-0.39, 0.29) is 11.8 Å². The molecule has 0 saturated carbocycles. The number of hydrogen-bond acceptors (Lipinski definition) is 6. The molecular weight excluding hydrogens is 530 g/mol. The number of hydrogen-bond donors (Lipinski definition) is 3. The third-order valence-electron chi connectivity index (χ3n) is 6.86. The van der Waals surface area contributed by atoms with E-state index in [1.807, 2.05) is 85.8 Å². The molecule has 42 heavy (non-hydrogen) atoms. The predicted octanol–water partition coefficient (Wildman–Crippen LogP) is 5.26. The summed E-state index contributed by atoms with van der Waals surface area (Å²) >= 11 is 0. The Morgan fingerprint density at radius 3 is 2.14 bits per heavy atom. The zero-order valence-electron chi connectivity index (χ0n) is 24.4. The van der Waals surface area contributed by atoms with Crippen molar-refractivity contribution in [2.75, 3.05) is 39.7 Å². The summed E-state index contributed by atoms with van der Waals surface area (Å²) in [5.41, 5.74) is 5.15. The maximum Gasteiger partial charge on any atom is 0.251 e. The number of carbonyl (C=O) groups excluding carboxylic acids is 2. The van der Waals surface area contributed by atoms with Crippen molar-refractivity contribution < 1.29 is 23.8 Å². The lowest BCUT2D eigenvalue weighted by Crippen LogP contribution is -2.48. The number of carbonyl (C=O) groups is 2. The topological polar surface area (TPSA) is 97.9 Å². The first-order valence-corrected chi connectivity index (χ1v) is 13.7. The van der Waals surface area contributed by atoms with Crippen LogP contribution in [0.5, 0.6) is 17.2 Å². The molecule has 8 heteroatoms. The molecule has 4 aromatic carbocycles. The maximum atomic E-state index is 13.3. The highest BCUT2D eigenvalue weighted by Gasteiger charge is 2.22. The lowest BCUT2D eigenvalue weighted by molar-refractivity contribution is -0.122. The van der Waals surface area contributed by atoms with Gasteiger partial charge in [0.15, 0.2) is 0 Å². The van der Waals surface area contributed by atoms with Gasteiger partial charge in [-0.15, -0.1) is 0 Å². The monoisotopic (exact) mass is 567 g/mol. The Kier molecular flexibility index (Phi) is 10.4. The summed E-state index contributed by atoms with van der Waals surface area (Å²) in [5.74, 6) is 1.68. The first kappa shape index (κ1) is 30.0. The lowest BCUT2D eigenvalue weighted by atomic mass is 9.99. The highest BCUT2D eigenvalue weighted by atomic mass is 16.5. The number of benzene rings is 4. The number of anilines is 1. The van der Waals surface area contributed by atoms with E-state index >= 15 is 0 Å². The summed E-state index contributed by atoms with van der Waals surface area (Å²) in [4.78, 5) is 26.4. The summed E-state index contributed by atoms with van der Waals surface area (Å²) in [5, 5.41) is 9.17. The molecule has 0 fully saturated rings. The van der Waals surface area contributed by atoms with Gasteiger partial charge in [0.05, 0.1) is 21.3 Å². The lowest BCUT2D eigenvalue weighted by Gasteiger charge is -2.19. The maximum absolute atomic E-state index is 13.3. The minimum absolute atomic E-state index is 0.258. The van der Waals surface area contributed by atoms with E-state index in [1.54, 1.807) is 33.5 Å². The Bertz CT molecular complexity index is 1490. The van der Waals surface area contributed by atoms with Crippen LogP contribution in [0.3, 0.4) is 0 Å². The molecule has 8 nitrogen and oxygen atoms in total. The van der Waals surface area contributed by atoms with Gasteiger partial charge in [0.2, 0.25) is 5.91 Å². The number of amides is 2. The average molecular weight is 568 g/mol. The van der Waals surface area contributed by atoms with Crippen LogP contribution < -0.4 is 30.2 Å². The number of ether oxygens (including phenoxy) is 3. The zero-order chi connectivity index (χ0) is 29.9. The molecule has 0 aliphatic carbocycles. The smallest absolute Gasteiger partial charge is 0.251 e. The Balaban J connectivity index is 1.45. The molecule has 0 aromatic heterocycles. The van der Waals surface area contributed by atoms with Crippen molar-refractivity contribution in [1.29, 1.82) is 0 Å². The summed E-state index contributed by atoms with van der Waals surface area (Å²) in [6.45, 7) is 2.83. The average Bonchev–Trinajstić information content (AvgIpc) is 3.03. The molecule has 218 valence electrons. The second-order valence-electron chi connectivity index (χ2n) is 9.81. The number of rotatable bonds is 13. The molecule has 0 saturated heterocycles. The first-order valence-electron chi connectivity index (χ1n) is 13.7. The van der Waals surface area contributed by atoms with Crippen LogP contribution in [0.25, 0.3) is 11.1 Å². The molecule has 0 radical (unpaired) electrons. The molecule has 1 unspecified atom stereocenters. The Labute approximate surface area is 247 Å². The van der Waals surface area contributed by atoms with Crippen LogP contribution >= 0.6 is 0 Å². The fourth-order valence-corrected chi connectivity index (χ4v) is 4.56. The van der Waals surface area contributed by atoms with Crippen LogP contribution in [-0.4, -0.2) is 52.3 Å².